The number of aromatic nitrogens is 2. The van der Waals surface area contributed by atoms with Crippen molar-refractivity contribution in [2.24, 2.45) is 5.92 Å². The largest absolute Gasteiger partial charge is 0.338 e. The van der Waals surface area contributed by atoms with Crippen LogP contribution in [0.3, 0.4) is 0 Å². The molecule has 0 bridgehead atoms. The molecule has 29 heavy (non-hydrogen) atoms. The van der Waals surface area contributed by atoms with Crippen LogP contribution in [0.4, 0.5) is 0 Å². The summed E-state index contributed by atoms with van der Waals surface area (Å²) >= 11 is 0. The average Bonchev–Trinajstić information content (AvgIpc) is 3.52. The van der Waals surface area contributed by atoms with E-state index in [0.29, 0.717) is 23.9 Å². The molecule has 4 fully saturated rings. The van der Waals surface area contributed by atoms with Crippen LogP contribution in [-0.4, -0.2) is 50.2 Å². The van der Waals surface area contributed by atoms with Gasteiger partial charge in [0.1, 0.15) is 5.54 Å². The monoisotopic (exact) mass is 390 g/mol. The summed E-state index contributed by atoms with van der Waals surface area (Å²) in [6, 6.07) is 9.33. The van der Waals surface area contributed by atoms with Gasteiger partial charge < -0.3 is 4.90 Å². The maximum Gasteiger partial charge on any atom is 0.243 e. The molecule has 1 aromatic carbocycles. The first-order valence-electron chi connectivity index (χ1n) is 11.4. The molecule has 2 aromatic rings. The standard InChI is InChI=1S/C24H30N4O/c1-17-7-9-21(10-8-17)28-15-18(14-25-28)22-13-19-16-26(20-5-2-3-6-20)23(29)24(19)11-4-12-27(22)24/h7-10,14-15,19-20,22H,2-6,11-13,16H2,1H3/t19-,22-,24-/m0/s1. The Morgan fingerprint density at radius 3 is 2.69 bits per heavy atom. The molecule has 5 heteroatoms. The highest BCUT2D eigenvalue weighted by atomic mass is 16.2. The lowest BCUT2D eigenvalue weighted by atomic mass is 9.85. The molecule has 0 N–H and O–H groups in total. The topological polar surface area (TPSA) is 41.4 Å². The number of nitrogens with zero attached hydrogens (tertiary/aromatic N) is 4. The number of rotatable bonds is 3. The Morgan fingerprint density at radius 1 is 1.10 bits per heavy atom. The van der Waals surface area contributed by atoms with Crippen molar-refractivity contribution < 1.29 is 4.79 Å². The van der Waals surface area contributed by atoms with Crippen molar-refractivity contribution in [3.63, 3.8) is 0 Å². The van der Waals surface area contributed by atoms with Crippen LogP contribution in [0, 0.1) is 12.8 Å². The summed E-state index contributed by atoms with van der Waals surface area (Å²) in [5, 5.41) is 4.66. The second kappa shape index (κ2) is 6.43. The van der Waals surface area contributed by atoms with Gasteiger partial charge in [-0.3, -0.25) is 9.69 Å². The third kappa shape index (κ3) is 2.49. The molecule has 1 spiro atoms. The molecule has 0 radical (unpaired) electrons. The van der Waals surface area contributed by atoms with Crippen molar-refractivity contribution >= 4 is 5.91 Å². The minimum atomic E-state index is -0.223. The number of amides is 1. The van der Waals surface area contributed by atoms with Crippen molar-refractivity contribution in [1.29, 1.82) is 0 Å². The van der Waals surface area contributed by atoms with E-state index in [-0.39, 0.29) is 5.54 Å². The zero-order valence-corrected chi connectivity index (χ0v) is 17.3. The van der Waals surface area contributed by atoms with Crippen LogP contribution in [0.2, 0.25) is 0 Å². The summed E-state index contributed by atoms with van der Waals surface area (Å²) < 4.78 is 1.98. The Bertz CT molecular complexity index is 929. The molecule has 1 aromatic heterocycles. The summed E-state index contributed by atoms with van der Waals surface area (Å²) in [4.78, 5) is 18.5. The van der Waals surface area contributed by atoms with Gasteiger partial charge in [-0.1, -0.05) is 30.5 Å². The van der Waals surface area contributed by atoms with Gasteiger partial charge in [-0.25, -0.2) is 4.68 Å². The van der Waals surface area contributed by atoms with Gasteiger partial charge in [-0.05, 0) is 57.7 Å². The van der Waals surface area contributed by atoms with Gasteiger partial charge in [0.25, 0.3) is 0 Å². The Hall–Kier alpha value is -2.14. The van der Waals surface area contributed by atoms with E-state index >= 15 is 0 Å². The zero-order valence-electron chi connectivity index (χ0n) is 17.3. The third-order valence-corrected chi connectivity index (χ3v) is 8.13. The van der Waals surface area contributed by atoms with E-state index < -0.39 is 0 Å². The van der Waals surface area contributed by atoms with Gasteiger partial charge in [0.2, 0.25) is 5.91 Å². The minimum Gasteiger partial charge on any atom is -0.338 e. The van der Waals surface area contributed by atoms with Gasteiger partial charge in [0, 0.05) is 36.3 Å². The van der Waals surface area contributed by atoms with Gasteiger partial charge >= 0.3 is 0 Å². The van der Waals surface area contributed by atoms with Crippen LogP contribution in [0.25, 0.3) is 5.69 Å². The predicted octanol–water partition coefficient (Wildman–Crippen LogP) is 3.86. The van der Waals surface area contributed by atoms with Crippen LogP contribution in [-0.2, 0) is 4.79 Å². The quantitative estimate of drug-likeness (QED) is 0.799. The fourth-order valence-corrected chi connectivity index (χ4v) is 6.72. The number of carbonyl (C=O) groups is 1. The predicted molar refractivity (Wildman–Crippen MR) is 112 cm³/mol. The van der Waals surface area contributed by atoms with Gasteiger partial charge in [-0.2, -0.15) is 5.10 Å². The molecule has 5 nitrogen and oxygen atoms in total. The zero-order chi connectivity index (χ0) is 19.6. The lowest BCUT2D eigenvalue weighted by Gasteiger charge is -2.34. The molecule has 0 unspecified atom stereocenters. The molecular weight excluding hydrogens is 360 g/mol. The minimum absolute atomic E-state index is 0.223. The highest BCUT2D eigenvalue weighted by molar-refractivity contribution is 5.90. The molecule has 4 heterocycles. The molecule has 1 aliphatic carbocycles. The van der Waals surface area contributed by atoms with Gasteiger partial charge in [0.15, 0.2) is 0 Å². The molecule has 3 atom stereocenters. The maximum absolute atomic E-state index is 13.7. The normalized spacial score (nSPS) is 32.3. The first kappa shape index (κ1) is 17.7. The summed E-state index contributed by atoms with van der Waals surface area (Å²) in [5.41, 5.74) is 3.40. The molecule has 1 saturated carbocycles. The molecule has 4 aliphatic rings. The summed E-state index contributed by atoms with van der Waals surface area (Å²) in [5.74, 6) is 0.922. The highest BCUT2D eigenvalue weighted by Crippen LogP contribution is 2.56. The fraction of sp³-hybridized carbons (Fsp3) is 0.583. The van der Waals surface area contributed by atoms with E-state index in [2.05, 4.69) is 52.3 Å². The number of carbonyl (C=O) groups excluding carboxylic acids is 1. The van der Waals surface area contributed by atoms with E-state index in [1.165, 1.54) is 36.8 Å². The third-order valence-electron chi connectivity index (χ3n) is 8.13. The van der Waals surface area contributed by atoms with E-state index in [4.69, 9.17) is 0 Å². The lowest BCUT2D eigenvalue weighted by molar-refractivity contribution is -0.138. The first-order chi connectivity index (χ1) is 14.2. The van der Waals surface area contributed by atoms with Crippen molar-refractivity contribution in [2.75, 3.05) is 13.1 Å². The van der Waals surface area contributed by atoms with Crippen molar-refractivity contribution in [3.8, 4) is 5.69 Å². The van der Waals surface area contributed by atoms with E-state index in [9.17, 15) is 4.79 Å². The smallest absolute Gasteiger partial charge is 0.243 e. The van der Waals surface area contributed by atoms with Crippen molar-refractivity contribution in [3.05, 3.63) is 47.8 Å². The lowest BCUT2D eigenvalue weighted by Crippen LogP contribution is -2.51. The van der Waals surface area contributed by atoms with E-state index in [1.807, 2.05) is 10.9 Å². The first-order valence-corrected chi connectivity index (χ1v) is 11.4. The number of likely N-dealkylation sites (tertiary alicyclic amines) is 1. The average molecular weight is 391 g/mol. The second-order valence-electron chi connectivity index (χ2n) is 9.62. The summed E-state index contributed by atoms with van der Waals surface area (Å²) in [7, 11) is 0. The number of hydrogen-bond donors (Lipinski definition) is 0. The maximum atomic E-state index is 13.7. The van der Waals surface area contributed by atoms with Crippen LogP contribution < -0.4 is 0 Å². The fourth-order valence-electron chi connectivity index (χ4n) is 6.72. The van der Waals surface area contributed by atoms with Crippen molar-refractivity contribution in [1.82, 2.24) is 19.6 Å². The second-order valence-corrected chi connectivity index (χ2v) is 9.62. The molecule has 152 valence electrons. The molecule has 1 amide bonds. The van der Waals surface area contributed by atoms with E-state index in [0.717, 1.165) is 38.0 Å². The Labute approximate surface area is 172 Å². The molecule has 3 aliphatic heterocycles. The summed E-state index contributed by atoms with van der Waals surface area (Å²) in [6.07, 6.45) is 12.5. The van der Waals surface area contributed by atoms with Gasteiger partial charge in [0.05, 0.1) is 11.9 Å². The van der Waals surface area contributed by atoms with Crippen LogP contribution in [0.5, 0.6) is 0 Å². The van der Waals surface area contributed by atoms with E-state index in [1.54, 1.807) is 0 Å². The summed E-state index contributed by atoms with van der Waals surface area (Å²) in [6.45, 7) is 4.12. The molecular formula is C24H30N4O. The Morgan fingerprint density at radius 2 is 1.90 bits per heavy atom. The van der Waals surface area contributed by atoms with Crippen LogP contribution in [0.1, 0.15) is 62.1 Å². The SMILES string of the molecule is Cc1ccc(-n2cc([C@@H]3C[C@H]4CN(C5CCCC5)C(=O)[C@]45CCCN35)cn2)cc1. The van der Waals surface area contributed by atoms with Crippen molar-refractivity contribution in [2.45, 2.75) is 69.5 Å². The Kier molecular flexibility index (Phi) is 3.92. The Balaban J connectivity index is 1.29. The van der Waals surface area contributed by atoms with Crippen LogP contribution >= 0.6 is 0 Å². The number of hydrogen-bond acceptors (Lipinski definition) is 3. The molecule has 3 saturated heterocycles. The number of aryl methyl sites for hydroxylation is 1. The molecule has 6 rings (SSSR count). The van der Waals surface area contributed by atoms with Crippen LogP contribution in [0.15, 0.2) is 36.7 Å². The van der Waals surface area contributed by atoms with Gasteiger partial charge in [-0.15, -0.1) is 0 Å². The number of benzene rings is 1. The highest BCUT2D eigenvalue weighted by Gasteiger charge is 2.65.